The summed E-state index contributed by atoms with van der Waals surface area (Å²) in [5.74, 6) is 1.66. The van der Waals surface area contributed by atoms with Crippen LogP contribution in [-0.2, 0) is 9.53 Å². The molecule has 1 saturated heterocycles. The number of rotatable bonds is 5. The topological polar surface area (TPSA) is 71.0 Å². The van der Waals surface area contributed by atoms with Crippen LogP contribution in [0.25, 0.3) is 0 Å². The van der Waals surface area contributed by atoms with Crippen LogP contribution >= 0.6 is 0 Å². The Kier molecular flexibility index (Phi) is 6.32. The fourth-order valence-corrected chi connectivity index (χ4v) is 4.21. The van der Waals surface area contributed by atoms with Crippen molar-refractivity contribution < 1.29 is 14.3 Å². The molecule has 0 bridgehead atoms. The van der Waals surface area contributed by atoms with Crippen LogP contribution in [0.15, 0.2) is 41.7 Å². The molecule has 8 heteroatoms. The van der Waals surface area contributed by atoms with Gasteiger partial charge in [-0.1, -0.05) is 30.3 Å². The molecule has 0 N–H and O–H groups in total. The third-order valence-electron chi connectivity index (χ3n) is 5.92. The molecule has 170 valence electrons. The SMILES string of the molecule is CCOC(=O)C1=C(C)Oc2nc(N(C)C)nc(N3CCN(C)CC3)c2C1c1ccccc1. The molecule has 3 heterocycles. The van der Waals surface area contributed by atoms with Gasteiger partial charge in [-0.2, -0.15) is 9.97 Å². The molecule has 32 heavy (non-hydrogen) atoms. The van der Waals surface area contributed by atoms with Gasteiger partial charge in [0.2, 0.25) is 11.8 Å². The number of piperazine rings is 1. The molecule has 1 aromatic carbocycles. The van der Waals surface area contributed by atoms with Crippen LogP contribution in [0.4, 0.5) is 11.8 Å². The number of ether oxygens (including phenoxy) is 2. The van der Waals surface area contributed by atoms with Crippen molar-refractivity contribution in [1.29, 1.82) is 0 Å². The highest BCUT2D eigenvalue weighted by molar-refractivity contribution is 5.93. The average molecular weight is 438 g/mol. The Labute approximate surface area is 189 Å². The van der Waals surface area contributed by atoms with Gasteiger partial charge < -0.3 is 24.2 Å². The van der Waals surface area contributed by atoms with Crippen LogP contribution in [0.3, 0.4) is 0 Å². The maximum atomic E-state index is 13.1. The number of likely N-dealkylation sites (N-methyl/N-ethyl adjacent to an activating group) is 1. The minimum Gasteiger partial charge on any atom is -0.463 e. The molecule has 1 unspecified atom stereocenters. The third kappa shape index (κ3) is 4.14. The molecule has 0 amide bonds. The van der Waals surface area contributed by atoms with E-state index in [1.165, 1.54) is 0 Å². The Bertz CT molecular complexity index is 1010. The molecule has 4 rings (SSSR count). The number of aromatic nitrogens is 2. The molecule has 0 spiro atoms. The van der Waals surface area contributed by atoms with Crippen molar-refractivity contribution in [2.45, 2.75) is 19.8 Å². The summed E-state index contributed by atoms with van der Waals surface area (Å²) in [5, 5.41) is 0. The second kappa shape index (κ2) is 9.16. The van der Waals surface area contributed by atoms with E-state index in [9.17, 15) is 4.79 Å². The van der Waals surface area contributed by atoms with E-state index in [0.29, 0.717) is 29.8 Å². The van der Waals surface area contributed by atoms with Crippen molar-refractivity contribution in [3.63, 3.8) is 0 Å². The first kappa shape index (κ1) is 22.1. The summed E-state index contributed by atoms with van der Waals surface area (Å²) in [6.07, 6.45) is 0. The fraction of sp³-hybridized carbons (Fsp3) is 0.458. The number of hydrogen-bond donors (Lipinski definition) is 0. The van der Waals surface area contributed by atoms with Crippen LogP contribution < -0.4 is 14.5 Å². The molecule has 1 aromatic heterocycles. The van der Waals surface area contributed by atoms with Gasteiger partial charge in [-0.25, -0.2) is 4.79 Å². The highest BCUT2D eigenvalue weighted by Crippen LogP contribution is 2.47. The summed E-state index contributed by atoms with van der Waals surface area (Å²) in [6.45, 7) is 7.46. The van der Waals surface area contributed by atoms with Crippen molar-refractivity contribution >= 4 is 17.7 Å². The third-order valence-corrected chi connectivity index (χ3v) is 5.92. The van der Waals surface area contributed by atoms with Crippen LogP contribution in [0.1, 0.15) is 30.9 Å². The second-order valence-electron chi connectivity index (χ2n) is 8.39. The van der Waals surface area contributed by atoms with Crippen molar-refractivity contribution in [2.24, 2.45) is 0 Å². The van der Waals surface area contributed by atoms with Gasteiger partial charge in [0.05, 0.1) is 23.7 Å². The van der Waals surface area contributed by atoms with E-state index in [1.54, 1.807) is 6.92 Å². The van der Waals surface area contributed by atoms with Crippen LogP contribution in [0.5, 0.6) is 5.88 Å². The molecule has 8 nitrogen and oxygen atoms in total. The predicted octanol–water partition coefficient (Wildman–Crippen LogP) is 2.66. The Hall–Kier alpha value is -3.13. The van der Waals surface area contributed by atoms with Crippen molar-refractivity contribution in [3.05, 3.63) is 52.8 Å². The summed E-state index contributed by atoms with van der Waals surface area (Å²) in [6, 6.07) is 9.98. The van der Waals surface area contributed by atoms with Gasteiger partial charge in [0.15, 0.2) is 0 Å². The monoisotopic (exact) mass is 437 g/mol. The van der Waals surface area contributed by atoms with Gasteiger partial charge in [0.1, 0.15) is 11.6 Å². The molecule has 0 aliphatic carbocycles. The highest BCUT2D eigenvalue weighted by Gasteiger charge is 2.39. The second-order valence-corrected chi connectivity index (χ2v) is 8.39. The number of benzene rings is 1. The maximum Gasteiger partial charge on any atom is 0.338 e. The van der Waals surface area contributed by atoms with Gasteiger partial charge in [-0.15, -0.1) is 0 Å². The molecule has 2 aliphatic rings. The largest absolute Gasteiger partial charge is 0.463 e. The van der Waals surface area contributed by atoms with Crippen molar-refractivity contribution in [3.8, 4) is 5.88 Å². The molecule has 2 aliphatic heterocycles. The van der Waals surface area contributed by atoms with Crippen molar-refractivity contribution in [1.82, 2.24) is 14.9 Å². The summed E-state index contributed by atoms with van der Waals surface area (Å²) in [4.78, 5) is 29.2. The minimum atomic E-state index is -0.370. The maximum absolute atomic E-state index is 13.1. The molecular weight excluding hydrogens is 406 g/mol. The standard InChI is InChI=1S/C24H31N5O3/c1-6-31-23(30)18-16(2)32-22-20(19(18)17-10-8-7-9-11-17)21(25-24(26-22)27(3)4)29-14-12-28(5)13-15-29/h7-11,19H,6,12-15H2,1-5H3. The van der Waals surface area contributed by atoms with E-state index < -0.39 is 0 Å². The number of allylic oxidation sites excluding steroid dienone is 1. The molecule has 0 saturated carbocycles. The zero-order chi connectivity index (χ0) is 22.8. The van der Waals surface area contributed by atoms with Gasteiger partial charge >= 0.3 is 5.97 Å². The number of hydrogen-bond acceptors (Lipinski definition) is 8. The summed E-state index contributed by atoms with van der Waals surface area (Å²) in [7, 11) is 5.96. The van der Waals surface area contributed by atoms with E-state index in [0.717, 1.165) is 43.1 Å². The zero-order valence-electron chi connectivity index (χ0n) is 19.5. The number of fused-ring (bicyclic) bond motifs is 1. The minimum absolute atomic E-state index is 0.297. The van der Waals surface area contributed by atoms with Crippen LogP contribution in [0, 0.1) is 0 Å². The van der Waals surface area contributed by atoms with E-state index in [1.807, 2.05) is 56.3 Å². The Morgan fingerprint density at radius 3 is 2.47 bits per heavy atom. The summed E-state index contributed by atoms with van der Waals surface area (Å²) < 4.78 is 11.6. The lowest BCUT2D eigenvalue weighted by molar-refractivity contribution is -0.139. The Balaban J connectivity index is 1.94. The molecule has 1 atom stereocenters. The van der Waals surface area contributed by atoms with E-state index in [2.05, 4.69) is 16.8 Å². The first-order valence-electron chi connectivity index (χ1n) is 11.0. The lowest BCUT2D eigenvalue weighted by Gasteiger charge is -2.37. The number of carbonyl (C=O) groups is 1. The zero-order valence-corrected chi connectivity index (χ0v) is 19.5. The predicted molar refractivity (Wildman–Crippen MR) is 124 cm³/mol. The Morgan fingerprint density at radius 1 is 1.16 bits per heavy atom. The van der Waals surface area contributed by atoms with Gasteiger partial charge in [-0.3, -0.25) is 0 Å². The number of esters is 1. The molecule has 2 aromatic rings. The van der Waals surface area contributed by atoms with Gasteiger partial charge in [0.25, 0.3) is 0 Å². The summed E-state index contributed by atoms with van der Waals surface area (Å²) in [5.41, 5.74) is 2.30. The van der Waals surface area contributed by atoms with Crippen molar-refractivity contribution in [2.75, 3.05) is 63.7 Å². The lowest BCUT2D eigenvalue weighted by Crippen LogP contribution is -2.45. The van der Waals surface area contributed by atoms with Gasteiger partial charge in [-0.05, 0) is 26.5 Å². The molecular formula is C24H31N5O3. The smallest absolute Gasteiger partial charge is 0.338 e. The molecule has 1 fully saturated rings. The van der Waals surface area contributed by atoms with Crippen LogP contribution in [0.2, 0.25) is 0 Å². The number of nitrogens with zero attached hydrogens (tertiary/aromatic N) is 5. The highest BCUT2D eigenvalue weighted by atomic mass is 16.5. The first-order valence-corrected chi connectivity index (χ1v) is 11.0. The van der Waals surface area contributed by atoms with E-state index in [-0.39, 0.29) is 11.9 Å². The Morgan fingerprint density at radius 2 is 1.84 bits per heavy atom. The number of anilines is 2. The number of carbonyl (C=O) groups excluding carboxylic acids is 1. The first-order chi connectivity index (χ1) is 15.4. The average Bonchev–Trinajstić information content (AvgIpc) is 2.78. The van der Waals surface area contributed by atoms with E-state index in [4.69, 9.17) is 19.4 Å². The molecule has 0 radical (unpaired) electrons. The lowest BCUT2D eigenvalue weighted by atomic mass is 9.83. The quantitative estimate of drug-likeness (QED) is 0.662. The van der Waals surface area contributed by atoms with Gasteiger partial charge in [0, 0.05) is 40.3 Å². The summed E-state index contributed by atoms with van der Waals surface area (Å²) >= 11 is 0. The van der Waals surface area contributed by atoms with E-state index >= 15 is 0 Å². The fourth-order valence-electron chi connectivity index (χ4n) is 4.21. The van der Waals surface area contributed by atoms with Crippen LogP contribution in [-0.4, -0.2) is 74.8 Å². The normalized spacial score (nSPS) is 18.8.